The van der Waals surface area contributed by atoms with Crippen molar-refractivity contribution in [3.05, 3.63) is 70.8 Å². The number of allylic oxidation sites excluding steroid dienone is 1. The van der Waals surface area contributed by atoms with E-state index in [9.17, 15) is 17.6 Å². The molecule has 3 aromatic rings. The molecule has 0 radical (unpaired) electrons. The van der Waals surface area contributed by atoms with E-state index in [0.717, 1.165) is 33.5 Å². The molecule has 168 valence electrons. The molecule has 0 spiro atoms. The molecule has 2 heterocycles. The Labute approximate surface area is 190 Å². The van der Waals surface area contributed by atoms with E-state index in [0.29, 0.717) is 24.2 Å². The number of sulfonamides is 1. The standard InChI is InChI=1S/C23H24FN3O3S2/c1-4-11-26-20-14-15(2)13-16(3)21(20)31-23(26)25-22(28)19-6-5-12-27(19)32(29,30)18-9-7-17(24)8-10-18/h4,7-10,13-14,19H,1,5-6,11-12H2,2-3H3. The average molecular weight is 474 g/mol. The molecule has 1 atom stereocenters. The third-order valence-corrected chi connectivity index (χ3v) is 8.69. The summed E-state index contributed by atoms with van der Waals surface area (Å²) in [5.41, 5.74) is 3.18. The molecule has 1 saturated heterocycles. The fourth-order valence-electron chi connectivity index (χ4n) is 4.09. The lowest BCUT2D eigenvalue weighted by molar-refractivity contribution is -0.121. The van der Waals surface area contributed by atoms with Crippen molar-refractivity contribution in [3.8, 4) is 0 Å². The topological polar surface area (TPSA) is 71.7 Å². The van der Waals surface area contributed by atoms with Crippen molar-refractivity contribution in [2.75, 3.05) is 6.54 Å². The summed E-state index contributed by atoms with van der Waals surface area (Å²) in [6.45, 7) is 8.55. The lowest BCUT2D eigenvalue weighted by atomic mass is 10.1. The van der Waals surface area contributed by atoms with Gasteiger partial charge in [0.25, 0.3) is 5.91 Å². The largest absolute Gasteiger partial charge is 0.312 e. The number of fused-ring (bicyclic) bond motifs is 1. The monoisotopic (exact) mass is 473 g/mol. The summed E-state index contributed by atoms with van der Waals surface area (Å²) in [7, 11) is -3.93. The molecule has 4 rings (SSSR count). The summed E-state index contributed by atoms with van der Waals surface area (Å²) in [5, 5.41) is 0. The van der Waals surface area contributed by atoms with Crippen LogP contribution in [0.5, 0.6) is 0 Å². The van der Waals surface area contributed by atoms with Gasteiger partial charge in [0.05, 0.1) is 15.1 Å². The van der Waals surface area contributed by atoms with Crippen LogP contribution >= 0.6 is 11.3 Å². The zero-order valence-corrected chi connectivity index (χ0v) is 19.5. The molecule has 1 unspecified atom stereocenters. The van der Waals surface area contributed by atoms with Gasteiger partial charge in [-0.15, -0.1) is 6.58 Å². The summed E-state index contributed by atoms with van der Waals surface area (Å²) in [4.78, 5) is 18.0. The van der Waals surface area contributed by atoms with Crippen molar-refractivity contribution >= 4 is 37.5 Å². The number of hydrogen-bond acceptors (Lipinski definition) is 4. The molecule has 0 aliphatic carbocycles. The maximum absolute atomic E-state index is 13.3. The highest BCUT2D eigenvalue weighted by Gasteiger charge is 2.39. The van der Waals surface area contributed by atoms with Gasteiger partial charge in [-0.25, -0.2) is 12.8 Å². The highest BCUT2D eigenvalue weighted by molar-refractivity contribution is 7.89. The van der Waals surface area contributed by atoms with Crippen LogP contribution in [0.25, 0.3) is 10.2 Å². The summed E-state index contributed by atoms with van der Waals surface area (Å²) in [6, 6.07) is 7.89. The van der Waals surface area contributed by atoms with E-state index in [4.69, 9.17) is 0 Å². The minimum absolute atomic E-state index is 0.0340. The highest BCUT2D eigenvalue weighted by atomic mass is 32.2. The highest BCUT2D eigenvalue weighted by Crippen LogP contribution is 2.28. The van der Waals surface area contributed by atoms with E-state index in [2.05, 4.69) is 17.6 Å². The number of benzene rings is 2. The zero-order chi connectivity index (χ0) is 23.0. The molecule has 6 nitrogen and oxygen atoms in total. The first-order valence-electron chi connectivity index (χ1n) is 10.3. The van der Waals surface area contributed by atoms with E-state index in [1.165, 1.54) is 27.8 Å². The SMILES string of the molecule is C=CCn1c(=NC(=O)C2CCCN2S(=O)(=O)c2ccc(F)cc2)sc2c(C)cc(C)cc21. The molecule has 0 bridgehead atoms. The number of carbonyl (C=O) groups is 1. The van der Waals surface area contributed by atoms with Crippen LogP contribution in [0.15, 0.2) is 58.9 Å². The smallest absolute Gasteiger partial charge is 0.266 e. The molecule has 1 aliphatic heterocycles. The van der Waals surface area contributed by atoms with Crippen molar-refractivity contribution in [3.63, 3.8) is 0 Å². The van der Waals surface area contributed by atoms with Crippen LogP contribution in [0.2, 0.25) is 0 Å². The average Bonchev–Trinajstić information content (AvgIpc) is 3.36. The Hall–Kier alpha value is -2.62. The summed E-state index contributed by atoms with van der Waals surface area (Å²) >= 11 is 1.41. The van der Waals surface area contributed by atoms with Crippen molar-refractivity contribution in [1.82, 2.24) is 8.87 Å². The summed E-state index contributed by atoms with van der Waals surface area (Å²) in [5.74, 6) is -1.01. The van der Waals surface area contributed by atoms with E-state index in [1.54, 1.807) is 6.08 Å². The van der Waals surface area contributed by atoms with Crippen molar-refractivity contribution < 1.29 is 17.6 Å². The van der Waals surface area contributed by atoms with E-state index < -0.39 is 27.8 Å². The molecule has 32 heavy (non-hydrogen) atoms. The third-order valence-electron chi connectivity index (χ3n) is 5.54. The molecule has 0 saturated carbocycles. The van der Waals surface area contributed by atoms with Crippen LogP contribution in [-0.4, -0.2) is 35.8 Å². The number of carbonyl (C=O) groups excluding carboxylic acids is 1. The van der Waals surface area contributed by atoms with Crippen LogP contribution in [0, 0.1) is 19.7 Å². The fraction of sp³-hybridized carbons (Fsp3) is 0.304. The first-order valence-corrected chi connectivity index (χ1v) is 12.6. The molecule has 1 amide bonds. The predicted octanol–water partition coefficient (Wildman–Crippen LogP) is 3.93. The molecule has 1 aromatic heterocycles. The fourth-order valence-corrected chi connectivity index (χ4v) is 6.83. The van der Waals surface area contributed by atoms with Gasteiger partial charge in [0.15, 0.2) is 4.80 Å². The van der Waals surface area contributed by atoms with Crippen LogP contribution in [-0.2, 0) is 21.4 Å². The second-order valence-corrected chi connectivity index (χ2v) is 10.8. The number of nitrogens with zero attached hydrogens (tertiary/aromatic N) is 3. The Bertz CT molecular complexity index is 1370. The summed E-state index contributed by atoms with van der Waals surface area (Å²) < 4.78 is 43.6. The van der Waals surface area contributed by atoms with E-state index in [1.807, 2.05) is 24.5 Å². The van der Waals surface area contributed by atoms with Crippen molar-refractivity contribution in [1.29, 1.82) is 0 Å². The maximum Gasteiger partial charge on any atom is 0.266 e. The molecule has 0 N–H and O–H groups in total. The molecule has 1 fully saturated rings. The lowest BCUT2D eigenvalue weighted by Gasteiger charge is -2.21. The van der Waals surface area contributed by atoms with Gasteiger partial charge in [-0.05, 0) is 68.1 Å². The Morgan fingerprint density at radius 3 is 2.69 bits per heavy atom. The van der Waals surface area contributed by atoms with Crippen LogP contribution in [0.4, 0.5) is 4.39 Å². The van der Waals surface area contributed by atoms with Gasteiger partial charge >= 0.3 is 0 Å². The number of aryl methyl sites for hydroxylation is 2. The minimum Gasteiger partial charge on any atom is -0.312 e. The van der Waals surface area contributed by atoms with Gasteiger partial charge in [-0.2, -0.15) is 9.30 Å². The quantitative estimate of drug-likeness (QED) is 0.527. The second-order valence-electron chi connectivity index (χ2n) is 7.89. The summed E-state index contributed by atoms with van der Waals surface area (Å²) in [6.07, 6.45) is 2.70. The van der Waals surface area contributed by atoms with E-state index in [-0.39, 0.29) is 11.4 Å². The number of hydrogen-bond donors (Lipinski definition) is 0. The van der Waals surface area contributed by atoms with Crippen molar-refractivity contribution in [2.45, 2.75) is 44.2 Å². The zero-order valence-electron chi connectivity index (χ0n) is 17.9. The normalized spacial score (nSPS) is 17.8. The molecule has 2 aromatic carbocycles. The predicted molar refractivity (Wildman–Crippen MR) is 123 cm³/mol. The Morgan fingerprint density at radius 1 is 1.28 bits per heavy atom. The van der Waals surface area contributed by atoms with Crippen LogP contribution < -0.4 is 4.80 Å². The Balaban J connectivity index is 1.75. The van der Waals surface area contributed by atoms with Gasteiger partial charge in [-0.1, -0.05) is 23.5 Å². The Kier molecular flexibility index (Phi) is 6.15. The first kappa shape index (κ1) is 22.6. The number of thiazole rings is 1. The Morgan fingerprint density at radius 2 is 2.00 bits per heavy atom. The van der Waals surface area contributed by atoms with Gasteiger partial charge in [0.1, 0.15) is 11.9 Å². The molecule has 9 heteroatoms. The number of amides is 1. The molecule has 1 aliphatic rings. The van der Waals surface area contributed by atoms with Crippen LogP contribution in [0.1, 0.15) is 24.0 Å². The van der Waals surface area contributed by atoms with Crippen LogP contribution in [0.3, 0.4) is 0 Å². The maximum atomic E-state index is 13.3. The van der Waals surface area contributed by atoms with Gasteiger partial charge in [0.2, 0.25) is 10.0 Å². The van der Waals surface area contributed by atoms with Gasteiger partial charge in [0, 0.05) is 13.1 Å². The third kappa shape index (κ3) is 4.07. The molecular formula is C23H24FN3O3S2. The lowest BCUT2D eigenvalue weighted by Crippen LogP contribution is -2.40. The van der Waals surface area contributed by atoms with Crippen molar-refractivity contribution in [2.24, 2.45) is 4.99 Å². The van der Waals surface area contributed by atoms with Gasteiger partial charge in [-0.3, -0.25) is 4.79 Å². The number of aromatic nitrogens is 1. The van der Waals surface area contributed by atoms with Gasteiger partial charge < -0.3 is 4.57 Å². The second kappa shape index (κ2) is 8.73. The minimum atomic E-state index is -3.93. The molecular weight excluding hydrogens is 449 g/mol. The number of rotatable bonds is 5. The number of halogens is 1. The van der Waals surface area contributed by atoms with E-state index >= 15 is 0 Å². The first-order chi connectivity index (χ1) is 15.2.